The number of para-hydroxylation sites is 1. The van der Waals surface area contributed by atoms with Crippen LogP contribution in [0, 0.1) is 6.92 Å². The van der Waals surface area contributed by atoms with Crippen molar-refractivity contribution in [2.45, 2.75) is 13.7 Å². The number of rotatable bonds is 4. The van der Waals surface area contributed by atoms with Crippen molar-refractivity contribution < 1.29 is 14.6 Å². The first-order valence-electron chi connectivity index (χ1n) is 5.10. The summed E-state index contributed by atoms with van der Waals surface area (Å²) in [6.07, 6.45) is 0. The molecule has 7 heteroatoms. The van der Waals surface area contributed by atoms with Gasteiger partial charge in [-0.15, -0.1) is 5.10 Å². The van der Waals surface area contributed by atoms with E-state index in [1.54, 1.807) is 31.2 Å². The number of aromatic nitrogens is 3. The van der Waals surface area contributed by atoms with Gasteiger partial charge >= 0.3 is 5.97 Å². The van der Waals surface area contributed by atoms with Gasteiger partial charge in [0.1, 0.15) is 5.75 Å². The molecule has 0 spiro atoms. The van der Waals surface area contributed by atoms with Crippen LogP contribution in [0.1, 0.15) is 16.2 Å². The molecule has 1 aromatic carbocycles. The fraction of sp³-hybridized carbons (Fsp3) is 0.182. The Labute approximate surface area is 108 Å². The minimum atomic E-state index is -1.11. The largest absolute Gasteiger partial charge is 0.476 e. The third kappa shape index (κ3) is 2.43. The molecule has 2 aromatic rings. The first-order chi connectivity index (χ1) is 8.59. The van der Waals surface area contributed by atoms with E-state index in [0.29, 0.717) is 16.5 Å². The van der Waals surface area contributed by atoms with E-state index in [2.05, 4.69) is 10.3 Å². The van der Waals surface area contributed by atoms with E-state index in [0.717, 1.165) is 0 Å². The van der Waals surface area contributed by atoms with Gasteiger partial charge in [-0.1, -0.05) is 28.9 Å². The van der Waals surface area contributed by atoms with Gasteiger partial charge < -0.3 is 9.84 Å². The second kappa shape index (κ2) is 5.05. The Morgan fingerprint density at radius 2 is 2.22 bits per heavy atom. The van der Waals surface area contributed by atoms with Gasteiger partial charge in [-0.25, -0.2) is 9.48 Å². The number of nitrogens with zero attached hydrogens (tertiary/aromatic N) is 3. The standard InChI is InChI=1S/C11H10ClN3O3/c1-7-10(11(16)17)13-14-15(7)6-18-9-5-3-2-4-8(9)12/h2-5H,6H2,1H3,(H,16,17). The van der Waals surface area contributed by atoms with Crippen molar-refractivity contribution in [2.75, 3.05) is 0 Å². The second-order valence-corrected chi connectivity index (χ2v) is 3.94. The molecule has 0 atom stereocenters. The molecule has 94 valence electrons. The summed E-state index contributed by atoms with van der Waals surface area (Å²) in [6.45, 7) is 1.66. The Hall–Kier alpha value is -2.08. The van der Waals surface area contributed by atoms with Gasteiger partial charge in [0.15, 0.2) is 12.4 Å². The lowest BCUT2D eigenvalue weighted by Crippen LogP contribution is -2.09. The minimum Gasteiger partial charge on any atom is -0.476 e. The van der Waals surface area contributed by atoms with E-state index in [-0.39, 0.29) is 12.4 Å². The molecule has 0 fully saturated rings. The van der Waals surface area contributed by atoms with Crippen LogP contribution in [-0.4, -0.2) is 26.1 Å². The zero-order valence-electron chi connectivity index (χ0n) is 9.50. The first kappa shape index (κ1) is 12.4. The van der Waals surface area contributed by atoms with E-state index >= 15 is 0 Å². The minimum absolute atomic E-state index is 0.0514. The van der Waals surface area contributed by atoms with E-state index in [9.17, 15) is 4.79 Å². The number of carboxylic acids is 1. The zero-order chi connectivity index (χ0) is 13.1. The van der Waals surface area contributed by atoms with E-state index in [4.69, 9.17) is 21.4 Å². The van der Waals surface area contributed by atoms with Crippen LogP contribution in [-0.2, 0) is 6.73 Å². The number of hydrogen-bond donors (Lipinski definition) is 1. The van der Waals surface area contributed by atoms with Crippen LogP contribution in [0.2, 0.25) is 5.02 Å². The Morgan fingerprint density at radius 1 is 1.50 bits per heavy atom. The summed E-state index contributed by atoms with van der Waals surface area (Å²) >= 11 is 5.92. The molecule has 0 saturated carbocycles. The molecule has 18 heavy (non-hydrogen) atoms. The first-order valence-corrected chi connectivity index (χ1v) is 5.48. The fourth-order valence-electron chi connectivity index (χ4n) is 1.37. The summed E-state index contributed by atoms with van der Waals surface area (Å²) in [5.74, 6) is -0.609. The topological polar surface area (TPSA) is 77.2 Å². The molecule has 0 aliphatic carbocycles. The van der Waals surface area contributed by atoms with Gasteiger partial charge in [0.25, 0.3) is 0 Å². The van der Waals surface area contributed by atoms with Crippen LogP contribution in [0.5, 0.6) is 5.75 Å². The normalized spacial score (nSPS) is 10.3. The van der Waals surface area contributed by atoms with Crippen molar-refractivity contribution in [2.24, 2.45) is 0 Å². The van der Waals surface area contributed by atoms with Gasteiger partial charge in [-0.05, 0) is 19.1 Å². The molecule has 1 heterocycles. The summed E-state index contributed by atoms with van der Waals surface area (Å²) in [5, 5.41) is 16.6. The number of halogens is 1. The number of hydrogen-bond acceptors (Lipinski definition) is 4. The van der Waals surface area contributed by atoms with Crippen LogP contribution in [0.25, 0.3) is 0 Å². The highest BCUT2D eigenvalue weighted by Crippen LogP contribution is 2.23. The lowest BCUT2D eigenvalue weighted by Gasteiger charge is -2.08. The average molecular weight is 268 g/mol. The molecule has 0 bridgehead atoms. The number of benzene rings is 1. The van der Waals surface area contributed by atoms with E-state index < -0.39 is 5.97 Å². The Morgan fingerprint density at radius 3 is 2.83 bits per heavy atom. The summed E-state index contributed by atoms with van der Waals surface area (Å²) in [5.41, 5.74) is 0.340. The predicted molar refractivity (Wildman–Crippen MR) is 63.8 cm³/mol. The maximum absolute atomic E-state index is 10.8. The van der Waals surface area contributed by atoms with Gasteiger partial charge in [0.05, 0.1) is 10.7 Å². The molecule has 2 rings (SSSR count). The summed E-state index contributed by atoms with van der Waals surface area (Å²) in [7, 11) is 0. The second-order valence-electron chi connectivity index (χ2n) is 3.53. The molecule has 0 unspecified atom stereocenters. The number of carbonyl (C=O) groups is 1. The van der Waals surface area contributed by atoms with Gasteiger partial charge in [-0.3, -0.25) is 0 Å². The number of ether oxygens (including phenoxy) is 1. The molecular formula is C11H10ClN3O3. The zero-order valence-corrected chi connectivity index (χ0v) is 10.3. The average Bonchev–Trinajstić information content (AvgIpc) is 2.70. The van der Waals surface area contributed by atoms with Crippen LogP contribution >= 0.6 is 11.6 Å². The highest BCUT2D eigenvalue weighted by Gasteiger charge is 2.15. The Kier molecular flexibility index (Phi) is 3.47. The molecule has 0 radical (unpaired) electrons. The quantitative estimate of drug-likeness (QED) is 0.916. The summed E-state index contributed by atoms with van der Waals surface area (Å²) in [6, 6.07) is 7.00. The maximum Gasteiger partial charge on any atom is 0.358 e. The highest BCUT2D eigenvalue weighted by molar-refractivity contribution is 6.32. The van der Waals surface area contributed by atoms with Crippen LogP contribution in [0.4, 0.5) is 0 Å². The predicted octanol–water partition coefficient (Wildman–Crippen LogP) is 1.97. The number of aromatic carboxylic acids is 1. The highest BCUT2D eigenvalue weighted by atomic mass is 35.5. The third-order valence-electron chi connectivity index (χ3n) is 2.36. The SMILES string of the molecule is Cc1c(C(=O)O)nnn1COc1ccccc1Cl. The van der Waals surface area contributed by atoms with Crippen LogP contribution in [0.3, 0.4) is 0 Å². The van der Waals surface area contributed by atoms with E-state index in [1.165, 1.54) is 4.68 Å². The molecule has 1 N–H and O–H groups in total. The fourth-order valence-corrected chi connectivity index (χ4v) is 1.56. The summed E-state index contributed by atoms with van der Waals surface area (Å²) < 4.78 is 6.79. The van der Waals surface area contributed by atoms with E-state index in [1.807, 2.05) is 0 Å². The van der Waals surface area contributed by atoms with Crippen molar-refractivity contribution in [3.63, 3.8) is 0 Å². The molecule has 0 aliphatic heterocycles. The van der Waals surface area contributed by atoms with Crippen molar-refractivity contribution >= 4 is 17.6 Å². The van der Waals surface area contributed by atoms with Gasteiger partial charge in [-0.2, -0.15) is 0 Å². The van der Waals surface area contributed by atoms with Gasteiger partial charge in [0, 0.05) is 0 Å². The van der Waals surface area contributed by atoms with Crippen LogP contribution < -0.4 is 4.74 Å². The number of carboxylic acid groups (broad SMARTS) is 1. The molecular weight excluding hydrogens is 258 g/mol. The summed E-state index contributed by atoms with van der Waals surface area (Å²) in [4.78, 5) is 10.8. The molecule has 0 saturated heterocycles. The molecule has 0 aliphatic rings. The molecule has 6 nitrogen and oxygen atoms in total. The lowest BCUT2D eigenvalue weighted by atomic mass is 10.3. The Balaban J connectivity index is 2.12. The smallest absolute Gasteiger partial charge is 0.358 e. The molecule has 1 aromatic heterocycles. The van der Waals surface area contributed by atoms with Crippen molar-refractivity contribution in [3.8, 4) is 5.75 Å². The maximum atomic E-state index is 10.8. The van der Waals surface area contributed by atoms with Crippen molar-refractivity contribution in [1.82, 2.24) is 15.0 Å². The van der Waals surface area contributed by atoms with Crippen molar-refractivity contribution in [3.05, 3.63) is 40.7 Å². The monoisotopic (exact) mass is 267 g/mol. The van der Waals surface area contributed by atoms with Gasteiger partial charge in [0.2, 0.25) is 0 Å². The Bertz CT molecular complexity index is 583. The van der Waals surface area contributed by atoms with Crippen LogP contribution in [0.15, 0.2) is 24.3 Å². The van der Waals surface area contributed by atoms with Crippen molar-refractivity contribution in [1.29, 1.82) is 0 Å². The third-order valence-corrected chi connectivity index (χ3v) is 2.68. The lowest BCUT2D eigenvalue weighted by molar-refractivity contribution is 0.0689. The molecule has 0 amide bonds.